The Kier molecular flexibility index (Phi) is 6.26. The predicted molar refractivity (Wildman–Crippen MR) is 82.1 cm³/mol. The third kappa shape index (κ3) is 4.52. The fraction of sp³-hybridized carbons (Fsp3) is 0.571. The van der Waals surface area contributed by atoms with E-state index < -0.39 is 0 Å². The van der Waals surface area contributed by atoms with Gasteiger partial charge in [0, 0.05) is 25.0 Å². The smallest absolute Gasteiger partial charge is 0.137 e. The van der Waals surface area contributed by atoms with Gasteiger partial charge in [0.25, 0.3) is 0 Å². The van der Waals surface area contributed by atoms with E-state index in [2.05, 4.69) is 36.8 Å². The highest BCUT2D eigenvalue weighted by Gasteiger charge is 2.20. The van der Waals surface area contributed by atoms with Crippen molar-refractivity contribution < 1.29 is 9.13 Å². The first-order valence-electron chi connectivity index (χ1n) is 6.53. The van der Waals surface area contributed by atoms with E-state index in [9.17, 15) is 4.39 Å². The highest BCUT2D eigenvalue weighted by atomic mass is 79.9. The van der Waals surface area contributed by atoms with Crippen LogP contribution in [0.1, 0.15) is 18.4 Å². The first-order chi connectivity index (χ1) is 9.20. The second-order valence-electron chi connectivity index (χ2n) is 4.75. The summed E-state index contributed by atoms with van der Waals surface area (Å²) in [6.45, 7) is 3.59. The van der Waals surface area contributed by atoms with Gasteiger partial charge in [-0.3, -0.25) is 4.90 Å². The zero-order valence-corrected chi connectivity index (χ0v) is 13.9. The normalized spacial score (nSPS) is 17.8. The number of rotatable bonds is 5. The Hall–Kier alpha value is 0.0300. The second-order valence-corrected chi connectivity index (χ2v) is 6.33. The van der Waals surface area contributed by atoms with Gasteiger partial charge in [-0.25, -0.2) is 4.39 Å². The highest BCUT2D eigenvalue weighted by molar-refractivity contribution is 9.10. The fourth-order valence-corrected chi connectivity index (χ4v) is 2.93. The van der Waals surface area contributed by atoms with Crippen LogP contribution in [0.25, 0.3) is 0 Å². The van der Waals surface area contributed by atoms with Gasteiger partial charge in [0.2, 0.25) is 0 Å². The number of halogens is 3. The lowest BCUT2D eigenvalue weighted by molar-refractivity contribution is 0.0141. The minimum atomic E-state index is -0.187. The van der Waals surface area contributed by atoms with Crippen LogP contribution >= 0.6 is 31.9 Å². The molecule has 0 N–H and O–H groups in total. The van der Waals surface area contributed by atoms with Gasteiger partial charge in [0.15, 0.2) is 0 Å². The molecule has 1 aliphatic rings. The highest BCUT2D eigenvalue weighted by Crippen LogP contribution is 2.23. The zero-order valence-electron chi connectivity index (χ0n) is 10.7. The van der Waals surface area contributed by atoms with Crippen molar-refractivity contribution in [3.63, 3.8) is 0 Å². The lowest BCUT2D eigenvalue weighted by Crippen LogP contribution is -2.36. The summed E-state index contributed by atoms with van der Waals surface area (Å²) in [5.41, 5.74) is 1.01. The number of benzene rings is 1. The van der Waals surface area contributed by atoms with Gasteiger partial charge in [-0.15, -0.1) is 0 Å². The van der Waals surface area contributed by atoms with Crippen LogP contribution in [0, 0.1) is 5.82 Å². The first kappa shape index (κ1) is 15.4. The van der Waals surface area contributed by atoms with Crippen molar-refractivity contribution in [2.75, 3.05) is 25.0 Å². The summed E-state index contributed by atoms with van der Waals surface area (Å²) >= 11 is 6.69. The number of nitrogens with zero attached hydrogens (tertiary/aromatic N) is 1. The summed E-state index contributed by atoms with van der Waals surface area (Å²) in [6, 6.07) is 5.22. The molecule has 0 saturated carbocycles. The van der Waals surface area contributed by atoms with Crippen LogP contribution in [-0.2, 0) is 11.3 Å². The molecule has 2 rings (SSSR count). The Balaban J connectivity index is 1.84. The third-order valence-electron chi connectivity index (χ3n) is 3.39. The summed E-state index contributed by atoms with van der Waals surface area (Å²) in [4.78, 5) is 2.35. The van der Waals surface area contributed by atoms with Gasteiger partial charge in [0.05, 0.1) is 17.2 Å². The van der Waals surface area contributed by atoms with E-state index in [1.54, 1.807) is 6.07 Å². The third-order valence-corrected chi connectivity index (χ3v) is 4.60. The molecule has 1 aliphatic heterocycles. The molecule has 2 nitrogen and oxygen atoms in total. The zero-order chi connectivity index (χ0) is 13.7. The molecule has 0 radical (unpaired) electrons. The number of ether oxygens (including phenoxy) is 1. The molecular weight excluding hydrogens is 377 g/mol. The van der Waals surface area contributed by atoms with Crippen LogP contribution < -0.4 is 0 Å². The first-order valence-corrected chi connectivity index (χ1v) is 8.45. The van der Waals surface area contributed by atoms with E-state index in [4.69, 9.17) is 4.74 Å². The van der Waals surface area contributed by atoms with E-state index in [1.807, 2.05) is 6.07 Å². The number of alkyl halides is 1. The van der Waals surface area contributed by atoms with E-state index in [-0.39, 0.29) is 5.82 Å². The number of likely N-dealkylation sites (tertiary alicyclic amines) is 1. The molecule has 106 valence electrons. The molecule has 1 saturated heterocycles. The Bertz CT molecular complexity index is 408. The molecule has 5 heteroatoms. The standard InChI is InChI=1S/C14H18Br2FNO/c15-6-9-19-12-4-7-18(8-5-12)10-11-2-1-3-13(17)14(11)16/h1-3,12H,4-10H2. The van der Waals surface area contributed by atoms with Crippen molar-refractivity contribution >= 4 is 31.9 Å². The second kappa shape index (κ2) is 7.72. The molecule has 0 amide bonds. The van der Waals surface area contributed by atoms with Crippen LogP contribution in [-0.4, -0.2) is 36.0 Å². The van der Waals surface area contributed by atoms with Crippen LogP contribution in [0.15, 0.2) is 22.7 Å². The van der Waals surface area contributed by atoms with Gasteiger partial charge in [-0.2, -0.15) is 0 Å². The van der Waals surface area contributed by atoms with Crippen LogP contribution in [0.4, 0.5) is 4.39 Å². The number of piperidine rings is 1. The average Bonchev–Trinajstić information content (AvgIpc) is 2.43. The summed E-state index contributed by atoms with van der Waals surface area (Å²) < 4.78 is 19.8. The molecule has 0 bridgehead atoms. The molecule has 1 aromatic rings. The topological polar surface area (TPSA) is 12.5 Å². The van der Waals surface area contributed by atoms with Crippen molar-refractivity contribution in [3.8, 4) is 0 Å². The van der Waals surface area contributed by atoms with Gasteiger partial charge >= 0.3 is 0 Å². The monoisotopic (exact) mass is 393 g/mol. The fourth-order valence-electron chi connectivity index (χ4n) is 2.36. The van der Waals surface area contributed by atoms with Crippen LogP contribution in [0.3, 0.4) is 0 Å². The van der Waals surface area contributed by atoms with Crippen molar-refractivity contribution in [3.05, 3.63) is 34.1 Å². The molecule has 1 aromatic carbocycles. The lowest BCUT2D eigenvalue weighted by Gasteiger charge is -2.32. The maximum atomic E-state index is 13.4. The van der Waals surface area contributed by atoms with Crippen LogP contribution in [0.5, 0.6) is 0 Å². The summed E-state index contributed by atoms with van der Waals surface area (Å²) in [7, 11) is 0. The van der Waals surface area contributed by atoms with Crippen molar-refractivity contribution in [1.82, 2.24) is 4.90 Å². The minimum absolute atomic E-state index is 0.187. The Morgan fingerprint density at radius 1 is 1.32 bits per heavy atom. The lowest BCUT2D eigenvalue weighted by atomic mass is 10.1. The Morgan fingerprint density at radius 3 is 2.74 bits per heavy atom. The maximum absolute atomic E-state index is 13.4. The maximum Gasteiger partial charge on any atom is 0.137 e. The molecule has 1 heterocycles. The van der Waals surface area contributed by atoms with Crippen molar-refractivity contribution in [1.29, 1.82) is 0 Å². The Labute approximate surface area is 130 Å². The summed E-state index contributed by atoms with van der Waals surface area (Å²) in [5, 5.41) is 0.892. The molecule has 0 aliphatic carbocycles. The van der Waals surface area contributed by atoms with E-state index >= 15 is 0 Å². The quantitative estimate of drug-likeness (QED) is 0.700. The average molecular weight is 395 g/mol. The molecule has 0 aromatic heterocycles. The summed E-state index contributed by atoms with van der Waals surface area (Å²) in [6.07, 6.45) is 2.49. The molecule has 0 spiro atoms. The van der Waals surface area contributed by atoms with Gasteiger partial charge in [-0.05, 0) is 40.4 Å². The number of hydrogen-bond donors (Lipinski definition) is 0. The molecule has 0 unspecified atom stereocenters. The van der Waals surface area contributed by atoms with E-state index in [0.717, 1.165) is 50.0 Å². The van der Waals surface area contributed by atoms with Crippen molar-refractivity contribution in [2.45, 2.75) is 25.5 Å². The molecule has 0 atom stereocenters. The SMILES string of the molecule is Fc1cccc(CN2CCC(OCCBr)CC2)c1Br. The van der Waals surface area contributed by atoms with Crippen molar-refractivity contribution in [2.24, 2.45) is 0 Å². The molecular formula is C14H18Br2FNO. The van der Waals surface area contributed by atoms with E-state index in [1.165, 1.54) is 6.07 Å². The van der Waals surface area contributed by atoms with Crippen LogP contribution in [0.2, 0.25) is 0 Å². The largest absolute Gasteiger partial charge is 0.377 e. The Morgan fingerprint density at radius 2 is 2.05 bits per heavy atom. The van der Waals surface area contributed by atoms with Gasteiger partial charge in [0.1, 0.15) is 5.82 Å². The molecule has 19 heavy (non-hydrogen) atoms. The predicted octanol–water partition coefficient (Wildman–Crippen LogP) is 3.96. The summed E-state index contributed by atoms with van der Waals surface area (Å²) in [5.74, 6) is -0.187. The minimum Gasteiger partial charge on any atom is -0.377 e. The van der Waals surface area contributed by atoms with Gasteiger partial charge < -0.3 is 4.74 Å². The molecule has 1 fully saturated rings. The van der Waals surface area contributed by atoms with E-state index in [0.29, 0.717) is 10.6 Å². The van der Waals surface area contributed by atoms with Gasteiger partial charge in [-0.1, -0.05) is 28.1 Å². The number of hydrogen-bond acceptors (Lipinski definition) is 2.